The van der Waals surface area contributed by atoms with E-state index < -0.39 is 40.8 Å². The van der Waals surface area contributed by atoms with E-state index in [0.717, 1.165) is 23.0 Å². The molecule has 11 nitrogen and oxygen atoms in total. The van der Waals surface area contributed by atoms with Crippen LogP contribution in [0.3, 0.4) is 0 Å². The average molecular weight is 578 g/mol. The number of hydrogen-bond acceptors (Lipinski definition) is 8. The van der Waals surface area contributed by atoms with E-state index in [9.17, 15) is 18.4 Å². The third-order valence-electron chi connectivity index (χ3n) is 8.06. The number of nitrogens with zero attached hydrogens (tertiary/aromatic N) is 4. The molecule has 3 N–H and O–H groups in total. The van der Waals surface area contributed by atoms with Crippen molar-refractivity contribution in [1.29, 1.82) is 0 Å². The van der Waals surface area contributed by atoms with Gasteiger partial charge in [0.25, 0.3) is 5.91 Å². The molecular weight excluding hydrogens is 548 g/mol. The van der Waals surface area contributed by atoms with Gasteiger partial charge in [0, 0.05) is 34.1 Å². The van der Waals surface area contributed by atoms with Crippen LogP contribution in [0.5, 0.6) is 5.75 Å². The van der Waals surface area contributed by atoms with Crippen molar-refractivity contribution < 1.29 is 27.7 Å². The van der Waals surface area contributed by atoms with Crippen molar-refractivity contribution in [3.63, 3.8) is 0 Å². The van der Waals surface area contributed by atoms with Crippen molar-refractivity contribution in [2.45, 2.75) is 58.4 Å². The molecule has 1 aromatic carbocycles. The van der Waals surface area contributed by atoms with Gasteiger partial charge in [0.2, 0.25) is 11.7 Å². The Labute approximate surface area is 239 Å². The summed E-state index contributed by atoms with van der Waals surface area (Å²) in [5.74, 6) is -4.58. The number of H-pyrrole nitrogens is 1. The molecule has 4 aromatic rings. The standard InChI is InChI=1S/C29H29F2N7O4/c1-13(2)23-25(38-42-37-23)28(40)34-24(21-17-6-7-18(30)22(31)26(17)41-12-29(21)9-10-29)27(39)33-16-5-8-19(32-11-16)20-14(3)35-36-15(20)4/h5-8,11,13,21,24H,9-10,12H2,1-4H3,(H,33,39)(H,34,40)(H,35,36)/t21?,24-/m0/s1. The second-order valence-electron chi connectivity index (χ2n) is 11.2. The first kappa shape index (κ1) is 27.5. The van der Waals surface area contributed by atoms with E-state index in [0.29, 0.717) is 35.5 Å². The van der Waals surface area contributed by atoms with Crippen molar-refractivity contribution in [2.24, 2.45) is 5.41 Å². The minimum atomic E-state index is -1.21. The third kappa shape index (κ3) is 4.68. The number of hydrogen-bond donors (Lipinski definition) is 3. The molecule has 1 aliphatic carbocycles. The number of anilines is 1. The summed E-state index contributed by atoms with van der Waals surface area (Å²) in [5, 5.41) is 20.4. The summed E-state index contributed by atoms with van der Waals surface area (Å²) in [5.41, 5.74) is 3.61. The summed E-state index contributed by atoms with van der Waals surface area (Å²) in [6, 6.07) is 4.66. The van der Waals surface area contributed by atoms with Crippen LogP contribution in [0.25, 0.3) is 11.3 Å². The molecule has 1 aliphatic heterocycles. The van der Waals surface area contributed by atoms with Crippen LogP contribution in [0.4, 0.5) is 14.5 Å². The van der Waals surface area contributed by atoms with E-state index in [2.05, 4.69) is 36.1 Å². The Kier molecular flexibility index (Phi) is 6.74. The number of aromatic amines is 1. The van der Waals surface area contributed by atoms with Crippen molar-refractivity contribution >= 4 is 17.5 Å². The summed E-state index contributed by atoms with van der Waals surface area (Å²) in [7, 11) is 0. The van der Waals surface area contributed by atoms with Crippen molar-refractivity contribution in [2.75, 3.05) is 11.9 Å². The molecule has 4 heterocycles. The molecular formula is C29H29F2N7O4. The Hall–Kier alpha value is -4.68. The number of pyridine rings is 1. The van der Waals surface area contributed by atoms with Gasteiger partial charge in [-0.1, -0.05) is 25.1 Å². The van der Waals surface area contributed by atoms with Gasteiger partial charge in [-0.2, -0.15) is 9.49 Å². The number of halogens is 2. The van der Waals surface area contributed by atoms with E-state index in [1.165, 1.54) is 12.3 Å². The molecule has 0 radical (unpaired) electrons. The van der Waals surface area contributed by atoms with Crippen molar-refractivity contribution in [1.82, 2.24) is 30.8 Å². The first-order valence-electron chi connectivity index (χ1n) is 13.6. The lowest BCUT2D eigenvalue weighted by Crippen LogP contribution is -2.52. The minimum Gasteiger partial charge on any atom is -0.489 e. The lowest BCUT2D eigenvalue weighted by atomic mass is 9.75. The summed E-state index contributed by atoms with van der Waals surface area (Å²) >= 11 is 0. The Morgan fingerprint density at radius 1 is 1.12 bits per heavy atom. The van der Waals surface area contributed by atoms with Crippen LogP contribution in [0.1, 0.15) is 71.7 Å². The average Bonchev–Trinajstić information content (AvgIpc) is 3.39. The fraction of sp³-hybridized carbons (Fsp3) is 0.379. The molecule has 2 atom stereocenters. The van der Waals surface area contributed by atoms with Crippen LogP contribution in [0.15, 0.2) is 35.1 Å². The number of amides is 2. The highest BCUT2D eigenvalue weighted by Crippen LogP contribution is 2.61. The Morgan fingerprint density at radius 2 is 1.90 bits per heavy atom. The zero-order valence-electron chi connectivity index (χ0n) is 23.4. The summed E-state index contributed by atoms with van der Waals surface area (Å²) in [6.07, 6.45) is 2.87. The van der Waals surface area contributed by atoms with Gasteiger partial charge in [-0.25, -0.2) is 9.02 Å². The van der Waals surface area contributed by atoms with Gasteiger partial charge < -0.3 is 15.4 Å². The van der Waals surface area contributed by atoms with Gasteiger partial charge in [0.15, 0.2) is 17.3 Å². The number of rotatable bonds is 7. The van der Waals surface area contributed by atoms with Gasteiger partial charge in [-0.3, -0.25) is 19.7 Å². The molecule has 218 valence electrons. The highest BCUT2D eigenvalue weighted by Gasteiger charge is 2.58. The molecule has 2 aliphatic rings. The van der Waals surface area contributed by atoms with E-state index in [1.54, 1.807) is 12.1 Å². The van der Waals surface area contributed by atoms with E-state index in [-0.39, 0.29) is 24.0 Å². The normalized spacial score (nSPS) is 17.5. The largest absolute Gasteiger partial charge is 0.489 e. The van der Waals surface area contributed by atoms with Crippen LogP contribution in [-0.2, 0) is 4.79 Å². The van der Waals surface area contributed by atoms with Crippen LogP contribution in [-0.4, -0.2) is 50.0 Å². The van der Waals surface area contributed by atoms with Gasteiger partial charge in [0.1, 0.15) is 11.7 Å². The molecule has 6 rings (SSSR count). The molecule has 13 heteroatoms. The second kappa shape index (κ2) is 10.3. The Morgan fingerprint density at radius 3 is 2.55 bits per heavy atom. The predicted octanol–water partition coefficient (Wildman–Crippen LogP) is 4.57. The number of aromatic nitrogens is 5. The van der Waals surface area contributed by atoms with Gasteiger partial charge in [-0.05, 0) is 50.0 Å². The molecule has 1 saturated carbocycles. The predicted molar refractivity (Wildman–Crippen MR) is 146 cm³/mol. The maximum Gasteiger partial charge on any atom is 0.276 e. The molecule has 1 unspecified atom stereocenters. The van der Waals surface area contributed by atoms with Gasteiger partial charge in [0.05, 0.1) is 29.9 Å². The maximum atomic E-state index is 14.8. The second-order valence-corrected chi connectivity index (χ2v) is 11.2. The molecule has 42 heavy (non-hydrogen) atoms. The van der Waals surface area contributed by atoms with E-state index in [4.69, 9.17) is 9.37 Å². The van der Waals surface area contributed by atoms with Crippen molar-refractivity contribution in [3.8, 4) is 17.0 Å². The van der Waals surface area contributed by atoms with Crippen LogP contribution in [0.2, 0.25) is 0 Å². The number of fused-ring (bicyclic) bond motifs is 1. The number of carbonyl (C=O) groups is 2. The van der Waals surface area contributed by atoms with E-state index in [1.807, 2.05) is 27.7 Å². The fourth-order valence-corrected chi connectivity index (χ4v) is 5.73. The zero-order valence-corrected chi connectivity index (χ0v) is 23.4. The smallest absolute Gasteiger partial charge is 0.276 e. The highest BCUT2D eigenvalue weighted by molar-refractivity contribution is 6.01. The zero-order chi connectivity index (χ0) is 29.8. The Bertz CT molecular complexity index is 1660. The van der Waals surface area contributed by atoms with Crippen molar-refractivity contribution in [3.05, 3.63) is 70.4 Å². The monoisotopic (exact) mass is 577 g/mol. The van der Waals surface area contributed by atoms with Gasteiger partial charge >= 0.3 is 0 Å². The number of aryl methyl sites for hydroxylation is 2. The lowest BCUT2D eigenvalue weighted by Gasteiger charge is -2.38. The summed E-state index contributed by atoms with van der Waals surface area (Å²) in [6.45, 7) is 7.49. The molecule has 1 spiro atoms. The summed E-state index contributed by atoms with van der Waals surface area (Å²) in [4.78, 5) is 32.0. The minimum absolute atomic E-state index is 0.0536. The SMILES string of the molecule is Cc1n[nH]c(C)c1-c1ccc(NC(=O)[C@@H](NC(=O)c2nonc2C(C)C)C2c3ccc(F)c(F)c3OCC23CC3)cn1. The number of carbonyl (C=O) groups excluding carboxylic acids is 2. The first-order valence-corrected chi connectivity index (χ1v) is 13.6. The first-order chi connectivity index (χ1) is 20.1. The fourth-order valence-electron chi connectivity index (χ4n) is 5.73. The van der Waals surface area contributed by atoms with E-state index >= 15 is 0 Å². The van der Waals surface area contributed by atoms with Crippen LogP contribution in [0, 0.1) is 30.9 Å². The number of nitrogens with one attached hydrogen (secondary N) is 3. The van der Waals surface area contributed by atoms with Crippen LogP contribution >= 0.6 is 0 Å². The molecule has 3 aromatic heterocycles. The third-order valence-corrected chi connectivity index (χ3v) is 8.06. The number of ether oxygens (including phenoxy) is 1. The maximum absolute atomic E-state index is 14.8. The van der Waals surface area contributed by atoms with Crippen LogP contribution < -0.4 is 15.4 Å². The Balaban J connectivity index is 1.36. The van der Waals surface area contributed by atoms with Gasteiger partial charge in [-0.15, -0.1) is 0 Å². The molecule has 0 bridgehead atoms. The molecule has 0 saturated heterocycles. The topological polar surface area (TPSA) is 148 Å². The molecule has 1 fully saturated rings. The summed E-state index contributed by atoms with van der Waals surface area (Å²) < 4.78 is 39.5. The number of benzene rings is 1. The highest BCUT2D eigenvalue weighted by atomic mass is 19.2. The quantitative estimate of drug-likeness (QED) is 0.289. The molecule has 2 amide bonds. The lowest BCUT2D eigenvalue weighted by molar-refractivity contribution is -0.119.